The van der Waals surface area contributed by atoms with Gasteiger partial charge in [0, 0.05) is 24.2 Å². The average molecular weight is 355 g/mol. The van der Waals surface area contributed by atoms with E-state index in [1.807, 2.05) is 0 Å². The molecule has 0 bridgehead atoms. The van der Waals surface area contributed by atoms with Crippen LogP contribution in [0.4, 0.5) is 0 Å². The highest BCUT2D eigenvalue weighted by Crippen LogP contribution is 2.22. The second kappa shape index (κ2) is 12.0. The summed E-state index contributed by atoms with van der Waals surface area (Å²) in [7, 11) is 0. The lowest BCUT2D eigenvalue weighted by molar-refractivity contribution is -0.136. The van der Waals surface area contributed by atoms with E-state index >= 15 is 0 Å². The van der Waals surface area contributed by atoms with Crippen molar-refractivity contribution in [1.29, 1.82) is 0 Å². The van der Waals surface area contributed by atoms with Crippen LogP contribution >= 0.6 is 0 Å². The molecule has 0 radical (unpaired) electrons. The Morgan fingerprint density at radius 1 is 1.00 bits per heavy atom. The summed E-state index contributed by atoms with van der Waals surface area (Å²) in [5.41, 5.74) is 0.170. The van der Waals surface area contributed by atoms with Gasteiger partial charge in [-0.05, 0) is 44.6 Å². The van der Waals surface area contributed by atoms with Crippen molar-refractivity contribution >= 4 is 11.9 Å². The van der Waals surface area contributed by atoms with Crippen LogP contribution in [0.15, 0.2) is 11.1 Å². The van der Waals surface area contributed by atoms with E-state index in [2.05, 4.69) is 18.7 Å². The van der Waals surface area contributed by atoms with Gasteiger partial charge < -0.3 is 14.9 Å². The third-order valence-electron chi connectivity index (χ3n) is 4.97. The van der Waals surface area contributed by atoms with Crippen LogP contribution in [0.3, 0.4) is 0 Å². The number of carboxylic acids is 2. The van der Waals surface area contributed by atoms with Crippen molar-refractivity contribution in [3.05, 3.63) is 11.1 Å². The fourth-order valence-corrected chi connectivity index (χ4v) is 3.01. The number of rotatable bonds is 12. The normalized spacial score (nSPS) is 17.8. The number of carboxylic acid groups (broad SMARTS) is 2. The molecule has 0 aromatic carbocycles. The molecule has 1 aliphatic heterocycles. The Labute approximate surface area is 150 Å². The minimum absolute atomic E-state index is 0.0842. The first-order valence-corrected chi connectivity index (χ1v) is 9.44. The molecule has 1 rings (SSSR count). The van der Waals surface area contributed by atoms with Gasteiger partial charge in [0.05, 0.1) is 13.2 Å². The van der Waals surface area contributed by atoms with Crippen molar-refractivity contribution in [3.8, 4) is 0 Å². The van der Waals surface area contributed by atoms with E-state index in [4.69, 9.17) is 4.74 Å². The van der Waals surface area contributed by atoms with Gasteiger partial charge in [0.1, 0.15) is 0 Å². The van der Waals surface area contributed by atoms with E-state index in [-0.39, 0.29) is 11.1 Å². The monoisotopic (exact) mass is 355 g/mol. The highest BCUT2D eigenvalue weighted by atomic mass is 16.5. The minimum atomic E-state index is -1.09. The van der Waals surface area contributed by atoms with Crippen LogP contribution < -0.4 is 0 Å². The molecule has 0 aromatic heterocycles. The first-order chi connectivity index (χ1) is 12.0. The summed E-state index contributed by atoms with van der Waals surface area (Å²) >= 11 is 0. The summed E-state index contributed by atoms with van der Waals surface area (Å²) in [6.45, 7) is 8.59. The van der Waals surface area contributed by atoms with E-state index in [9.17, 15) is 19.8 Å². The second-order valence-electron chi connectivity index (χ2n) is 6.88. The maximum Gasteiger partial charge on any atom is 0.332 e. The van der Waals surface area contributed by atoms with Gasteiger partial charge >= 0.3 is 11.9 Å². The zero-order chi connectivity index (χ0) is 18.7. The molecule has 144 valence electrons. The summed E-state index contributed by atoms with van der Waals surface area (Å²) in [5, 5.41) is 18.8. The molecule has 1 unspecified atom stereocenters. The van der Waals surface area contributed by atoms with Crippen molar-refractivity contribution in [1.82, 2.24) is 4.90 Å². The molecular formula is C19H33NO5. The van der Waals surface area contributed by atoms with Gasteiger partial charge in [0.2, 0.25) is 0 Å². The predicted octanol–water partition coefficient (Wildman–Crippen LogP) is 3.17. The van der Waals surface area contributed by atoms with E-state index in [0.717, 1.165) is 52.1 Å². The molecule has 1 fully saturated rings. The zero-order valence-electron chi connectivity index (χ0n) is 15.6. The Morgan fingerprint density at radius 3 is 2.16 bits per heavy atom. The quantitative estimate of drug-likeness (QED) is 0.413. The smallest absolute Gasteiger partial charge is 0.332 e. The molecule has 1 atom stereocenters. The van der Waals surface area contributed by atoms with Crippen molar-refractivity contribution in [2.24, 2.45) is 5.92 Å². The van der Waals surface area contributed by atoms with Crippen molar-refractivity contribution in [2.45, 2.75) is 58.8 Å². The Hall–Kier alpha value is -1.40. The van der Waals surface area contributed by atoms with Gasteiger partial charge in [-0.1, -0.05) is 26.7 Å². The van der Waals surface area contributed by atoms with Crippen molar-refractivity contribution in [3.63, 3.8) is 0 Å². The SMILES string of the molecule is CCC(C)CC/C(C(=O)O)=C(/CCCCCN1CCOCC1)C(=O)O. The Bertz CT molecular complexity index is 455. The fourth-order valence-electron chi connectivity index (χ4n) is 3.01. The fraction of sp³-hybridized carbons (Fsp3) is 0.789. The largest absolute Gasteiger partial charge is 0.478 e. The molecule has 1 saturated heterocycles. The maximum absolute atomic E-state index is 11.5. The van der Waals surface area contributed by atoms with E-state index in [0.29, 0.717) is 31.6 Å². The van der Waals surface area contributed by atoms with E-state index < -0.39 is 11.9 Å². The number of carbonyl (C=O) groups is 2. The molecular weight excluding hydrogens is 322 g/mol. The van der Waals surface area contributed by atoms with E-state index in [1.54, 1.807) is 0 Å². The number of morpholine rings is 1. The Balaban J connectivity index is 2.48. The number of unbranched alkanes of at least 4 members (excludes halogenated alkanes) is 2. The maximum atomic E-state index is 11.5. The summed E-state index contributed by atoms with van der Waals surface area (Å²) in [6, 6.07) is 0. The van der Waals surface area contributed by atoms with E-state index in [1.165, 1.54) is 0 Å². The molecule has 1 aliphatic rings. The molecule has 1 heterocycles. The molecule has 6 nitrogen and oxygen atoms in total. The minimum Gasteiger partial charge on any atom is -0.478 e. The number of nitrogens with zero attached hydrogens (tertiary/aromatic N) is 1. The first-order valence-electron chi connectivity index (χ1n) is 9.44. The molecule has 25 heavy (non-hydrogen) atoms. The summed E-state index contributed by atoms with van der Waals surface area (Å²) in [6.07, 6.45) is 4.98. The van der Waals surface area contributed by atoms with Crippen LogP contribution in [0, 0.1) is 5.92 Å². The summed E-state index contributed by atoms with van der Waals surface area (Å²) in [4.78, 5) is 25.4. The summed E-state index contributed by atoms with van der Waals surface area (Å²) in [5.74, 6) is -1.78. The lowest BCUT2D eigenvalue weighted by Gasteiger charge is -2.26. The van der Waals surface area contributed by atoms with Crippen molar-refractivity contribution < 1.29 is 24.5 Å². The number of hydrogen-bond acceptors (Lipinski definition) is 4. The van der Waals surface area contributed by atoms with Crippen molar-refractivity contribution in [2.75, 3.05) is 32.8 Å². The Morgan fingerprint density at radius 2 is 1.60 bits per heavy atom. The highest BCUT2D eigenvalue weighted by molar-refractivity contribution is 5.98. The lowest BCUT2D eigenvalue weighted by atomic mass is 9.94. The van der Waals surface area contributed by atoms with Gasteiger partial charge in [-0.25, -0.2) is 9.59 Å². The third-order valence-corrected chi connectivity index (χ3v) is 4.97. The van der Waals surface area contributed by atoms with Gasteiger partial charge in [-0.3, -0.25) is 4.90 Å². The Kier molecular flexibility index (Phi) is 10.4. The van der Waals surface area contributed by atoms with Crippen LogP contribution in [0.25, 0.3) is 0 Å². The van der Waals surface area contributed by atoms with Crippen LogP contribution in [-0.2, 0) is 14.3 Å². The second-order valence-corrected chi connectivity index (χ2v) is 6.88. The van der Waals surface area contributed by atoms with Gasteiger partial charge in [-0.15, -0.1) is 0 Å². The standard InChI is InChI=1S/C19H33NO5/c1-3-15(2)8-9-17(19(23)24)16(18(21)22)7-5-4-6-10-20-11-13-25-14-12-20/h15H,3-14H2,1-2H3,(H,21,22)(H,23,24)/b17-16+. The lowest BCUT2D eigenvalue weighted by Crippen LogP contribution is -2.36. The first kappa shape index (κ1) is 21.6. The molecule has 0 spiro atoms. The molecule has 0 aliphatic carbocycles. The molecule has 0 saturated carbocycles. The molecule has 0 amide bonds. The van der Waals surface area contributed by atoms with Crippen LogP contribution in [0.1, 0.15) is 58.8 Å². The van der Waals surface area contributed by atoms with Gasteiger partial charge in [0.25, 0.3) is 0 Å². The molecule has 6 heteroatoms. The molecule has 0 aromatic rings. The topological polar surface area (TPSA) is 87.1 Å². The highest BCUT2D eigenvalue weighted by Gasteiger charge is 2.20. The number of hydrogen-bond donors (Lipinski definition) is 2. The van der Waals surface area contributed by atoms with Crippen LogP contribution in [-0.4, -0.2) is 59.9 Å². The number of ether oxygens (including phenoxy) is 1. The number of aliphatic carboxylic acids is 2. The summed E-state index contributed by atoms with van der Waals surface area (Å²) < 4.78 is 5.31. The van der Waals surface area contributed by atoms with Gasteiger partial charge in [0.15, 0.2) is 0 Å². The molecule has 2 N–H and O–H groups in total. The average Bonchev–Trinajstić information content (AvgIpc) is 2.59. The van der Waals surface area contributed by atoms with Gasteiger partial charge in [-0.2, -0.15) is 0 Å². The van der Waals surface area contributed by atoms with Crippen LogP contribution in [0.2, 0.25) is 0 Å². The van der Waals surface area contributed by atoms with Crippen LogP contribution in [0.5, 0.6) is 0 Å². The third kappa shape index (κ3) is 8.50. The zero-order valence-corrected chi connectivity index (χ0v) is 15.6. The predicted molar refractivity (Wildman–Crippen MR) is 96.7 cm³/mol.